The molecule has 1 N–H and O–H groups in total. The fraction of sp³-hybridized carbons (Fsp3) is 0.500. The Morgan fingerprint density at radius 2 is 1.93 bits per heavy atom. The maximum atomic E-state index is 13.3. The number of benzene rings is 1. The Hall–Kier alpha value is -0.960. The van der Waals surface area contributed by atoms with E-state index in [4.69, 9.17) is 0 Å². The highest BCUT2D eigenvalue weighted by molar-refractivity contribution is 5.18. The molecule has 1 aliphatic carbocycles. The average molecular weight is 211 g/mol. The number of nitrogens with one attached hydrogen (secondary N) is 1. The first-order valence-corrected chi connectivity index (χ1v) is 5.43. The van der Waals surface area contributed by atoms with Gasteiger partial charge in [-0.1, -0.05) is 25.0 Å². The first-order valence-electron chi connectivity index (χ1n) is 5.43. The summed E-state index contributed by atoms with van der Waals surface area (Å²) in [6, 6.07) is 4.80. The van der Waals surface area contributed by atoms with Crippen molar-refractivity contribution in [3.63, 3.8) is 0 Å². The Bertz CT molecular complexity index is 332. The Balaban J connectivity index is 1.95. The van der Waals surface area contributed by atoms with Gasteiger partial charge in [-0.2, -0.15) is 0 Å². The molecular formula is C12H15F2N. The van der Waals surface area contributed by atoms with Crippen LogP contribution < -0.4 is 5.32 Å². The molecule has 0 amide bonds. The van der Waals surface area contributed by atoms with Crippen molar-refractivity contribution in [2.75, 3.05) is 0 Å². The van der Waals surface area contributed by atoms with Crippen molar-refractivity contribution in [2.24, 2.45) is 0 Å². The molecule has 1 aromatic carbocycles. The fourth-order valence-electron chi connectivity index (χ4n) is 2.07. The molecule has 1 saturated carbocycles. The molecule has 0 unspecified atom stereocenters. The third-order valence-corrected chi connectivity index (χ3v) is 2.97. The van der Waals surface area contributed by atoms with Gasteiger partial charge in [0.1, 0.15) is 0 Å². The Morgan fingerprint density at radius 1 is 1.20 bits per heavy atom. The summed E-state index contributed by atoms with van der Waals surface area (Å²) in [5.74, 6) is -1.48. The van der Waals surface area contributed by atoms with Gasteiger partial charge in [-0.25, -0.2) is 8.78 Å². The average Bonchev–Trinajstić information content (AvgIpc) is 2.73. The molecule has 0 spiro atoms. The highest BCUT2D eigenvalue weighted by atomic mass is 19.2. The molecule has 1 aromatic rings. The molecule has 0 heterocycles. The standard InChI is InChI=1S/C12H15F2N/c13-11-7-3-4-9(12(11)14)8-15-10-5-1-2-6-10/h3-4,7,10,15H,1-2,5-6,8H2. The minimum atomic E-state index is -0.763. The van der Waals surface area contributed by atoms with Crippen LogP contribution in [0, 0.1) is 11.6 Å². The second-order valence-electron chi connectivity index (χ2n) is 4.08. The van der Waals surface area contributed by atoms with Gasteiger partial charge in [0.05, 0.1) is 0 Å². The molecule has 1 aliphatic rings. The fourth-order valence-corrected chi connectivity index (χ4v) is 2.07. The number of halogens is 2. The number of hydrogen-bond acceptors (Lipinski definition) is 1. The molecule has 0 saturated heterocycles. The quantitative estimate of drug-likeness (QED) is 0.810. The molecule has 1 nitrogen and oxygen atoms in total. The third kappa shape index (κ3) is 2.53. The first-order chi connectivity index (χ1) is 7.27. The van der Waals surface area contributed by atoms with Gasteiger partial charge in [0.25, 0.3) is 0 Å². The minimum absolute atomic E-state index is 0.418. The van der Waals surface area contributed by atoms with Gasteiger partial charge in [0.15, 0.2) is 11.6 Å². The molecule has 0 atom stereocenters. The van der Waals surface area contributed by atoms with Crippen molar-refractivity contribution in [2.45, 2.75) is 38.3 Å². The molecule has 0 bridgehead atoms. The second kappa shape index (κ2) is 4.71. The summed E-state index contributed by atoms with van der Waals surface area (Å²) >= 11 is 0. The van der Waals surface area contributed by atoms with Crippen molar-refractivity contribution in [1.29, 1.82) is 0 Å². The van der Waals surface area contributed by atoms with E-state index in [9.17, 15) is 8.78 Å². The van der Waals surface area contributed by atoms with E-state index in [2.05, 4.69) is 5.32 Å². The maximum Gasteiger partial charge on any atom is 0.163 e. The Morgan fingerprint density at radius 3 is 2.67 bits per heavy atom. The molecule has 2 rings (SSSR count). The first kappa shape index (κ1) is 10.6. The summed E-state index contributed by atoms with van der Waals surface area (Å²) in [6.07, 6.45) is 4.78. The molecule has 0 aromatic heterocycles. The van der Waals surface area contributed by atoms with Gasteiger partial charge in [-0.3, -0.25) is 0 Å². The molecule has 15 heavy (non-hydrogen) atoms. The SMILES string of the molecule is Fc1cccc(CNC2CCCC2)c1F. The summed E-state index contributed by atoms with van der Waals surface area (Å²) in [6.45, 7) is 0.425. The largest absolute Gasteiger partial charge is 0.310 e. The smallest absolute Gasteiger partial charge is 0.163 e. The van der Waals surface area contributed by atoms with Crippen LogP contribution in [0.4, 0.5) is 8.78 Å². The normalized spacial score (nSPS) is 17.2. The van der Waals surface area contributed by atoms with Crippen molar-refractivity contribution in [1.82, 2.24) is 5.32 Å². The van der Waals surface area contributed by atoms with Crippen LogP contribution >= 0.6 is 0 Å². The molecule has 0 aliphatic heterocycles. The summed E-state index contributed by atoms with van der Waals surface area (Å²) < 4.78 is 26.1. The van der Waals surface area contributed by atoms with Gasteiger partial charge in [0.2, 0.25) is 0 Å². The molecule has 3 heteroatoms. The molecule has 0 radical (unpaired) electrons. The van der Waals surface area contributed by atoms with Crippen LogP contribution in [0.1, 0.15) is 31.2 Å². The summed E-state index contributed by atoms with van der Waals surface area (Å²) in [5.41, 5.74) is 0.418. The van der Waals surface area contributed by atoms with Crippen LogP contribution in [0.25, 0.3) is 0 Å². The van der Waals surface area contributed by atoms with Crippen molar-refractivity contribution >= 4 is 0 Å². The summed E-state index contributed by atoms with van der Waals surface area (Å²) in [7, 11) is 0. The summed E-state index contributed by atoms with van der Waals surface area (Å²) in [4.78, 5) is 0. The van der Waals surface area contributed by atoms with Crippen LogP contribution in [-0.2, 0) is 6.54 Å². The van der Waals surface area contributed by atoms with Crippen LogP contribution in [-0.4, -0.2) is 6.04 Å². The van der Waals surface area contributed by atoms with Crippen molar-refractivity contribution < 1.29 is 8.78 Å². The Kier molecular flexibility index (Phi) is 3.31. The maximum absolute atomic E-state index is 13.3. The highest BCUT2D eigenvalue weighted by Crippen LogP contribution is 2.18. The highest BCUT2D eigenvalue weighted by Gasteiger charge is 2.15. The van der Waals surface area contributed by atoms with Gasteiger partial charge < -0.3 is 5.32 Å². The zero-order chi connectivity index (χ0) is 10.7. The van der Waals surface area contributed by atoms with E-state index in [1.807, 2.05) is 0 Å². The lowest BCUT2D eigenvalue weighted by molar-refractivity contribution is 0.475. The van der Waals surface area contributed by atoms with Crippen LogP contribution in [0.15, 0.2) is 18.2 Å². The molecule has 82 valence electrons. The lowest BCUT2D eigenvalue weighted by Crippen LogP contribution is -2.25. The second-order valence-corrected chi connectivity index (χ2v) is 4.08. The topological polar surface area (TPSA) is 12.0 Å². The van der Waals surface area contributed by atoms with Gasteiger partial charge >= 0.3 is 0 Å². The number of rotatable bonds is 3. The van der Waals surface area contributed by atoms with E-state index in [-0.39, 0.29) is 0 Å². The monoisotopic (exact) mass is 211 g/mol. The van der Waals surface area contributed by atoms with Crippen molar-refractivity contribution in [3.05, 3.63) is 35.4 Å². The number of hydrogen-bond donors (Lipinski definition) is 1. The van der Waals surface area contributed by atoms with E-state index in [0.29, 0.717) is 18.2 Å². The van der Waals surface area contributed by atoms with E-state index >= 15 is 0 Å². The van der Waals surface area contributed by atoms with E-state index < -0.39 is 11.6 Å². The zero-order valence-electron chi connectivity index (χ0n) is 8.60. The lowest BCUT2D eigenvalue weighted by atomic mass is 10.2. The van der Waals surface area contributed by atoms with E-state index in [0.717, 1.165) is 18.9 Å². The predicted molar refractivity (Wildman–Crippen MR) is 55.5 cm³/mol. The zero-order valence-corrected chi connectivity index (χ0v) is 8.60. The third-order valence-electron chi connectivity index (χ3n) is 2.97. The summed E-state index contributed by atoms with van der Waals surface area (Å²) in [5, 5.41) is 3.26. The van der Waals surface area contributed by atoms with Gasteiger partial charge in [-0.15, -0.1) is 0 Å². The van der Waals surface area contributed by atoms with E-state index in [1.54, 1.807) is 12.1 Å². The van der Waals surface area contributed by atoms with Gasteiger partial charge in [-0.05, 0) is 18.9 Å². The van der Waals surface area contributed by atoms with Crippen molar-refractivity contribution in [3.8, 4) is 0 Å². The van der Waals surface area contributed by atoms with Crippen LogP contribution in [0.2, 0.25) is 0 Å². The van der Waals surface area contributed by atoms with Crippen LogP contribution in [0.5, 0.6) is 0 Å². The Labute approximate surface area is 88.5 Å². The van der Waals surface area contributed by atoms with Gasteiger partial charge in [0, 0.05) is 18.2 Å². The lowest BCUT2D eigenvalue weighted by Gasteiger charge is -2.12. The molecular weight excluding hydrogens is 196 g/mol. The molecule has 1 fully saturated rings. The predicted octanol–water partition coefficient (Wildman–Crippen LogP) is 3.00. The van der Waals surface area contributed by atoms with E-state index in [1.165, 1.54) is 12.8 Å². The van der Waals surface area contributed by atoms with Crippen LogP contribution in [0.3, 0.4) is 0 Å². The minimum Gasteiger partial charge on any atom is -0.310 e.